The van der Waals surface area contributed by atoms with Crippen LogP contribution in [0.4, 0.5) is 17.1 Å². The minimum atomic E-state index is -1.24. The molecule has 6 heteroatoms. The zero-order valence-electron chi connectivity index (χ0n) is 18.7. The lowest BCUT2D eigenvalue weighted by Crippen LogP contribution is -2.29. The van der Waals surface area contributed by atoms with Crippen LogP contribution in [0.25, 0.3) is 0 Å². The molecule has 162 valence electrons. The highest BCUT2D eigenvalue weighted by Crippen LogP contribution is 2.43. The number of pyridine rings is 1. The molecule has 0 aliphatic carbocycles. The zero-order chi connectivity index (χ0) is 22.0. The summed E-state index contributed by atoms with van der Waals surface area (Å²) in [4.78, 5) is 9.73. The number of nitrogens with one attached hydrogen (secondary N) is 1. The van der Waals surface area contributed by atoms with Crippen molar-refractivity contribution in [2.45, 2.75) is 36.7 Å². The molecule has 0 radical (unpaired) electrons. The third-order valence-electron chi connectivity index (χ3n) is 5.84. The highest BCUT2D eigenvalue weighted by Gasteiger charge is 2.30. The van der Waals surface area contributed by atoms with Crippen molar-refractivity contribution in [2.75, 3.05) is 37.0 Å². The van der Waals surface area contributed by atoms with Gasteiger partial charge in [-0.15, -0.1) is 0 Å². The summed E-state index contributed by atoms with van der Waals surface area (Å²) < 4.78 is 13.1. The molecule has 5 nitrogen and oxygen atoms in total. The third-order valence-corrected chi connectivity index (χ3v) is 7.24. The van der Waals surface area contributed by atoms with Crippen molar-refractivity contribution in [3.8, 4) is 0 Å². The van der Waals surface area contributed by atoms with Crippen molar-refractivity contribution in [3.63, 3.8) is 0 Å². The van der Waals surface area contributed by atoms with Crippen LogP contribution in [-0.2, 0) is 17.3 Å². The van der Waals surface area contributed by atoms with E-state index < -0.39 is 10.8 Å². The number of hydrogen-bond donors (Lipinski definition) is 1. The molecular formula is C25H30N4OS. The summed E-state index contributed by atoms with van der Waals surface area (Å²) in [7, 11) is 2.88. The van der Waals surface area contributed by atoms with Crippen LogP contribution in [0.1, 0.15) is 23.1 Å². The Morgan fingerprint density at radius 3 is 2.74 bits per heavy atom. The molecule has 0 bridgehead atoms. The van der Waals surface area contributed by atoms with E-state index in [0.717, 1.165) is 42.3 Å². The molecule has 0 fully saturated rings. The maximum absolute atomic E-state index is 13.1. The molecule has 31 heavy (non-hydrogen) atoms. The quantitative estimate of drug-likeness (QED) is 0.553. The topological polar surface area (TPSA) is 48.5 Å². The van der Waals surface area contributed by atoms with Crippen molar-refractivity contribution < 1.29 is 4.21 Å². The van der Waals surface area contributed by atoms with Crippen molar-refractivity contribution in [1.82, 2.24) is 10.3 Å². The van der Waals surface area contributed by atoms with Gasteiger partial charge in [-0.3, -0.25) is 0 Å². The van der Waals surface area contributed by atoms with Crippen LogP contribution < -0.4 is 15.1 Å². The SMILES string of the molecule is Cc1ccc2c(c1C)N(CCCNCc1cccc(N(C)C)c1)c1cccnc1S2=O. The maximum atomic E-state index is 13.1. The Morgan fingerprint density at radius 2 is 1.94 bits per heavy atom. The van der Waals surface area contributed by atoms with E-state index in [1.807, 2.05) is 18.2 Å². The molecule has 2 aromatic carbocycles. The Morgan fingerprint density at radius 1 is 1.10 bits per heavy atom. The number of benzene rings is 2. The first kappa shape index (κ1) is 21.5. The van der Waals surface area contributed by atoms with Crippen molar-refractivity contribution >= 4 is 27.9 Å². The molecule has 1 N–H and O–H groups in total. The van der Waals surface area contributed by atoms with Gasteiger partial charge in [0.15, 0.2) is 5.03 Å². The number of aromatic nitrogens is 1. The van der Waals surface area contributed by atoms with E-state index in [4.69, 9.17) is 0 Å². The summed E-state index contributed by atoms with van der Waals surface area (Å²) in [5.74, 6) is 0. The highest BCUT2D eigenvalue weighted by molar-refractivity contribution is 7.85. The lowest BCUT2D eigenvalue weighted by atomic mass is 10.1. The van der Waals surface area contributed by atoms with E-state index in [1.54, 1.807) is 6.20 Å². The summed E-state index contributed by atoms with van der Waals surface area (Å²) in [6.07, 6.45) is 2.70. The van der Waals surface area contributed by atoms with E-state index in [0.29, 0.717) is 5.03 Å². The van der Waals surface area contributed by atoms with Gasteiger partial charge in [0, 0.05) is 39.1 Å². The van der Waals surface area contributed by atoms with E-state index in [2.05, 4.69) is 78.4 Å². The third kappa shape index (κ3) is 4.36. The molecule has 1 aliphatic rings. The number of fused-ring (bicyclic) bond motifs is 2. The molecule has 0 saturated heterocycles. The molecule has 4 rings (SSSR count). The lowest BCUT2D eigenvalue weighted by Gasteiger charge is -2.34. The van der Waals surface area contributed by atoms with Gasteiger partial charge in [-0.05, 0) is 73.8 Å². The van der Waals surface area contributed by atoms with Crippen LogP contribution in [0.5, 0.6) is 0 Å². The molecule has 1 unspecified atom stereocenters. The Hall–Kier alpha value is -2.70. The minimum Gasteiger partial charge on any atom is -0.378 e. The second-order valence-electron chi connectivity index (χ2n) is 8.20. The molecule has 0 amide bonds. The van der Waals surface area contributed by atoms with Gasteiger partial charge in [0.1, 0.15) is 10.8 Å². The van der Waals surface area contributed by atoms with Gasteiger partial charge in [0.25, 0.3) is 0 Å². The van der Waals surface area contributed by atoms with Gasteiger partial charge in [0.05, 0.1) is 16.3 Å². The normalized spacial score (nSPS) is 14.8. The number of hydrogen-bond acceptors (Lipinski definition) is 5. The summed E-state index contributed by atoms with van der Waals surface area (Å²) in [5.41, 5.74) is 6.94. The molecule has 0 saturated carbocycles. The minimum absolute atomic E-state index is 0.659. The molecule has 1 atom stereocenters. The fourth-order valence-electron chi connectivity index (χ4n) is 3.99. The monoisotopic (exact) mass is 434 g/mol. The van der Waals surface area contributed by atoms with Crippen LogP contribution in [0.3, 0.4) is 0 Å². The lowest BCUT2D eigenvalue weighted by molar-refractivity contribution is 0.645. The number of nitrogens with zero attached hydrogens (tertiary/aromatic N) is 3. The highest BCUT2D eigenvalue weighted by atomic mass is 32.2. The van der Waals surface area contributed by atoms with Gasteiger partial charge in [0.2, 0.25) is 0 Å². The number of anilines is 3. The summed E-state index contributed by atoms with van der Waals surface area (Å²) in [6, 6.07) is 16.6. The van der Waals surface area contributed by atoms with E-state index >= 15 is 0 Å². The maximum Gasteiger partial charge on any atom is 0.155 e. The van der Waals surface area contributed by atoms with Crippen LogP contribution in [0, 0.1) is 13.8 Å². The number of aryl methyl sites for hydroxylation is 1. The standard InChI is InChI=1S/C25H30N4OS/c1-18-11-12-23-24(19(18)2)29(22-10-6-14-27-25(22)31(23)30)15-7-13-26-17-20-8-5-9-21(16-20)28(3)4/h5-6,8-12,14,16,26H,7,13,15,17H2,1-4H3. The van der Waals surface area contributed by atoms with Crippen molar-refractivity contribution in [3.05, 3.63) is 71.4 Å². The molecule has 1 aliphatic heterocycles. The van der Waals surface area contributed by atoms with Gasteiger partial charge in [-0.2, -0.15) is 0 Å². The zero-order valence-corrected chi connectivity index (χ0v) is 19.5. The average Bonchev–Trinajstić information content (AvgIpc) is 2.78. The number of rotatable bonds is 7. The van der Waals surface area contributed by atoms with Crippen LogP contribution >= 0.6 is 0 Å². The average molecular weight is 435 g/mol. The first-order chi connectivity index (χ1) is 15.0. The Bertz CT molecular complexity index is 1110. The Balaban J connectivity index is 1.47. The van der Waals surface area contributed by atoms with Gasteiger partial charge in [-0.1, -0.05) is 18.2 Å². The molecule has 0 spiro atoms. The Kier molecular flexibility index (Phi) is 6.39. The second kappa shape index (κ2) is 9.20. The summed E-state index contributed by atoms with van der Waals surface area (Å²) >= 11 is 0. The summed E-state index contributed by atoms with van der Waals surface area (Å²) in [6.45, 7) is 6.83. The molecule has 3 aromatic rings. The molecular weight excluding hydrogens is 404 g/mol. The van der Waals surface area contributed by atoms with Crippen LogP contribution in [0.15, 0.2) is 64.6 Å². The van der Waals surface area contributed by atoms with E-state index in [-0.39, 0.29) is 0 Å². The smallest absolute Gasteiger partial charge is 0.155 e. The molecule has 2 heterocycles. The van der Waals surface area contributed by atoms with Gasteiger partial charge >= 0.3 is 0 Å². The van der Waals surface area contributed by atoms with Gasteiger partial charge < -0.3 is 15.1 Å². The van der Waals surface area contributed by atoms with Crippen LogP contribution in [0.2, 0.25) is 0 Å². The first-order valence-electron chi connectivity index (χ1n) is 10.7. The predicted molar refractivity (Wildman–Crippen MR) is 129 cm³/mol. The Labute approximate surface area is 187 Å². The van der Waals surface area contributed by atoms with Gasteiger partial charge in [-0.25, -0.2) is 9.19 Å². The van der Waals surface area contributed by atoms with Crippen LogP contribution in [-0.4, -0.2) is 36.4 Å². The predicted octanol–water partition coefficient (Wildman–Crippen LogP) is 4.56. The fraction of sp³-hybridized carbons (Fsp3) is 0.320. The molecule has 1 aromatic heterocycles. The van der Waals surface area contributed by atoms with Crippen molar-refractivity contribution in [2.24, 2.45) is 0 Å². The summed E-state index contributed by atoms with van der Waals surface area (Å²) in [5, 5.41) is 4.23. The largest absolute Gasteiger partial charge is 0.378 e. The van der Waals surface area contributed by atoms with Crippen molar-refractivity contribution in [1.29, 1.82) is 0 Å². The first-order valence-corrected chi connectivity index (χ1v) is 11.8. The fourth-order valence-corrected chi connectivity index (χ4v) is 5.35. The van der Waals surface area contributed by atoms with E-state index in [1.165, 1.54) is 22.4 Å². The second-order valence-corrected chi connectivity index (χ2v) is 9.56. The van der Waals surface area contributed by atoms with E-state index in [9.17, 15) is 4.21 Å².